The molecular formula is C36H46FN5O5. The van der Waals surface area contributed by atoms with E-state index >= 15 is 0 Å². The summed E-state index contributed by atoms with van der Waals surface area (Å²) in [6.45, 7) is 8.73. The number of nitrogens with one attached hydrogen (secondary N) is 2. The Hall–Kier alpha value is -3.96. The summed E-state index contributed by atoms with van der Waals surface area (Å²) in [5, 5.41) is 7.22. The molecule has 2 amide bonds. The lowest BCUT2D eigenvalue weighted by atomic mass is 9.72. The van der Waals surface area contributed by atoms with Gasteiger partial charge in [0.25, 0.3) is 5.91 Å². The molecule has 0 spiro atoms. The maximum absolute atomic E-state index is 14.5. The molecule has 4 N–H and O–H groups in total. The van der Waals surface area contributed by atoms with E-state index in [1.165, 1.54) is 12.1 Å². The highest BCUT2D eigenvalue weighted by Crippen LogP contribution is 2.46. The summed E-state index contributed by atoms with van der Waals surface area (Å²) in [7, 11) is 0. The second-order valence-corrected chi connectivity index (χ2v) is 13.3. The topological polar surface area (TPSA) is 128 Å². The lowest BCUT2D eigenvalue weighted by Crippen LogP contribution is -2.42. The summed E-state index contributed by atoms with van der Waals surface area (Å²) in [4.78, 5) is 40.8. The van der Waals surface area contributed by atoms with Crippen LogP contribution < -0.4 is 16.4 Å². The smallest absolute Gasteiger partial charge is 0.407 e. The number of nitrogens with two attached hydrogens (primary N) is 1. The Balaban J connectivity index is 1.18. The second-order valence-electron chi connectivity index (χ2n) is 13.3. The highest BCUT2D eigenvalue weighted by Gasteiger charge is 2.39. The van der Waals surface area contributed by atoms with E-state index in [2.05, 4.69) is 29.4 Å². The van der Waals surface area contributed by atoms with Crippen molar-refractivity contribution in [2.24, 2.45) is 11.1 Å². The molecule has 11 heteroatoms. The molecule has 10 nitrogen and oxygen atoms in total. The zero-order chi connectivity index (χ0) is 33.1. The zero-order valence-electron chi connectivity index (χ0n) is 27.4. The number of halogens is 1. The Morgan fingerprint density at radius 1 is 1.04 bits per heavy atom. The normalized spacial score (nSPS) is 21.3. The Morgan fingerprint density at radius 3 is 2.49 bits per heavy atom. The minimum Gasteiger partial charge on any atom is -0.446 e. The molecule has 3 aromatic rings. The van der Waals surface area contributed by atoms with Crippen LogP contribution in [0.15, 0.2) is 36.4 Å². The Morgan fingerprint density at radius 2 is 1.79 bits per heavy atom. The number of primary amides is 1. The van der Waals surface area contributed by atoms with Crippen molar-refractivity contribution < 1.29 is 28.2 Å². The van der Waals surface area contributed by atoms with Gasteiger partial charge in [0.1, 0.15) is 11.9 Å². The fourth-order valence-electron chi connectivity index (χ4n) is 7.57. The van der Waals surface area contributed by atoms with Crippen LogP contribution in [-0.2, 0) is 15.9 Å². The molecule has 252 valence electrons. The molecule has 0 radical (unpaired) electrons. The number of hydrogen-bond donors (Lipinski definition) is 3. The number of carbonyl (C=O) groups is 3. The lowest BCUT2D eigenvalue weighted by Gasteiger charge is -2.36. The minimum absolute atomic E-state index is 0.0198. The van der Waals surface area contributed by atoms with Crippen LogP contribution in [0.25, 0.3) is 22.0 Å². The molecule has 6 rings (SSSR count). The third-order valence-corrected chi connectivity index (χ3v) is 10.5. The lowest BCUT2D eigenvalue weighted by molar-refractivity contribution is 0.0372. The number of aromatic nitrogens is 1. The van der Waals surface area contributed by atoms with Crippen molar-refractivity contribution in [3.63, 3.8) is 0 Å². The van der Waals surface area contributed by atoms with Crippen molar-refractivity contribution in [3.05, 3.63) is 53.5 Å². The number of nitrogens with zero attached hydrogens (tertiary/aromatic N) is 2. The Kier molecular flexibility index (Phi) is 9.84. The van der Waals surface area contributed by atoms with Crippen molar-refractivity contribution in [3.8, 4) is 11.1 Å². The number of hydrogen-bond acceptors (Lipinski definition) is 7. The molecule has 47 heavy (non-hydrogen) atoms. The van der Waals surface area contributed by atoms with Gasteiger partial charge in [0, 0.05) is 61.0 Å². The first-order chi connectivity index (χ1) is 22.7. The van der Waals surface area contributed by atoms with Crippen LogP contribution >= 0.6 is 0 Å². The molecule has 3 heterocycles. The summed E-state index contributed by atoms with van der Waals surface area (Å²) < 4.78 is 27.3. The molecule has 0 atom stereocenters. The number of alkyl carbamates (subject to hydrolysis) is 1. The predicted molar refractivity (Wildman–Crippen MR) is 179 cm³/mol. The number of anilines is 1. The van der Waals surface area contributed by atoms with Crippen LogP contribution in [0.4, 0.5) is 14.9 Å². The molecule has 0 bridgehead atoms. The van der Waals surface area contributed by atoms with Crippen LogP contribution in [-0.4, -0.2) is 78.9 Å². The van der Waals surface area contributed by atoms with Crippen molar-refractivity contribution in [2.75, 3.05) is 44.7 Å². The second kappa shape index (κ2) is 14.0. The Bertz CT molecular complexity index is 1640. The number of carbonyl (C=O) groups excluding carboxylic acids is 3. The molecule has 0 unspecified atom stereocenters. The van der Waals surface area contributed by atoms with Gasteiger partial charge in [-0.2, -0.15) is 0 Å². The molecule has 1 aliphatic carbocycles. The summed E-state index contributed by atoms with van der Waals surface area (Å²) in [6, 6.07) is 10.2. The number of ether oxygens (including phenoxy) is 2. The van der Waals surface area contributed by atoms with Crippen molar-refractivity contribution in [1.29, 1.82) is 0 Å². The van der Waals surface area contributed by atoms with E-state index in [4.69, 9.17) is 15.2 Å². The predicted octanol–water partition coefficient (Wildman–Crippen LogP) is 5.72. The van der Waals surface area contributed by atoms with Gasteiger partial charge in [0.2, 0.25) is 5.91 Å². The first-order valence-corrected chi connectivity index (χ1v) is 17.0. The maximum atomic E-state index is 14.5. The van der Waals surface area contributed by atoms with Gasteiger partial charge in [-0.15, -0.1) is 0 Å². The van der Waals surface area contributed by atoms with E-state index in [1.807, 2.05) is 12.1 Å². The highest BCUT2D eigenvalue weighted by molar-refractivity contribution is 6.06. The van der Waals surface area contributed by atoms with Crippen LogP contribution in [0.1, 0.15) is 79.6 Å². The molecule has 2 aliphatic heterocycles. The van der Waals surface area contributed by atoms with Crippen LogP contribution in [0, 0.1) is 11.2 Å². The quantitative estimate of drug-likeness (QED) is 0.257. The van der Waals surface area contributed by atoms with Crippen LogP contribution in [0.3, 0.4) is 0 Å². The number of amides is 2. The van der Waals surface area contributed by atoms with Gasteiger partial charge in [-0.05, 0) is 86.3 Å². The molecule has 2 fully saturated rings. The van der Waals surface area contributed by atoms with Gasteiger partial charge in [0.15, 0.2) is 0 Å². The summed E-state index contributed by atoms with van der Waals surface area (Å²) in [6.07, 6.45) is 5.17. The van der Waals surface area contributed by atoms with Crippen molar-refractivity contribution in [1.82, 2.24) is 14.8 Å². The molecular weight excluding hydrogens is 601 g/mol. The minimum atomic E-state index is -0.540. The van der Waals surface area contributed by atoms with E-state index in [1.54, 1.807) is 16.7 Å². The number of morpholine rings is 1. The number of benzene rings is 2. The fraction of sp³-hybridized carbons (Fsp3) is 0.528. The van der Waals surface area contributed by atoms with E-state index < -0.39 is 17.8 Å². The largest absolute Gasteiger partial charge is 0.446 e. The Labute approximate surface area is 275 Å². The first kappa shape index (κ1) is 33.0. The van der Waals surface area contributed by atoms with E-state index in [9.17, 15) is 18.8 Å². The summed E-state index contributed by atoms with van der Waals surface area (Å²) >= 11 is 0. The molecule has 2 aromatic carbocycles. The number of fused-ring (bicyclic) bond motifs is 3. The third kappa shape index (κ3) is 7.01. The van der Waals surface area contributed by atoms with Gasteiger partial charge in [0.05, 0.1) is 24.3 Å². The zero-order valence-corrected chi connectivity index (χ0v) is 27.4. The van der Waals surface area contributed by atoms with E-state index in [0.29, 0.717) is 49.0 Å². The average molecular weight is 648 g/mol. The summed E-state index contributed by atoms with van der Waals surface area (Å²) in [5.74, 6) is -0.952. The standard InChI is InChI=1S/C36H46FN5O5/c1-3-36(4-2)21-31-33(28-12-6-24(37)20-30(28)42(31)32(43)22-36)23-5-11-27(34(38)44)29(19-23)40-25-7-9-26(10-8-25)47-35(45)39-13-14-41-15-17-46-18-16-41/h5-6,11-12,19-20,25-26,40H,3-4,7-10,13-18,21-22H2,1-2H3,(H2,38,44)(H,39,45)/t25-,26-. The molecule has 3 aliphatic rings. The van der Waals surface area contributed by atoms with E-state index in [-0.39, 0.29) is 23.5 Å². The van der Waals surface area contributed by atoms with Crippen LogP contribution in [0.5, 0.6) is 0 Å². The molecule has 1 aromatic heterocycles. The van der Waals surface area contributed by atoms with Crippen molar-refractivity contribution in [2.45, 2.75) is 77.4 Å². The molecule has 1 saturated carbocycles. The average Bonchev–Trinajstić information content (AvgIpc) is 3.39. The van der Waals surface area contributed by atoms with Gasteiger partial charge >= 0.3 is 6.09 Å². The van der Waals surface area contributed by atoms with Gasteiger partial charge in [-0.1, -0.05) is 19.9 Å². The highest BCUT2D eigenvalue weighted by atomic mass is 19.1. The number of rotatable bonds is 10. The monoisotopic (exact) mass is 647 g/mol. The SMILES string of the molecule is CCC1(CC)CC(=O)n2c(c(-c3ccc(C(N)=O)c(N[C@H]4CC[C@H](OC(=O)NCCN5CCOCC5)CC4)c3)c3ccc(F)cc32)C1. The molecule has 1 saturated heterocycles. The van der Waals surface area contributed by atoms with E-state index in [0.717, 1.165) is 80.7 Å². The third-order valence-electron chi connectivity index (χ3n) is 10.5. The fourth-order valence-corrected chi connectivity index (χ4v) is 7.57. The van der Waals surface area contributed by atoms with Crippen LogP contribution in [0.2, 0.25) is 0 Å². The first-order valence-electron chi connectivity index (χ1n) is 17.0. The van der Waals surface area contributed by atoms with Gasteiger partial charge in [-0.25, -0.2) is 9.18 Å². The summed E-state index contributed by atoms with van der Waals surface area (Å²) in [5.41, 5.74) is 9.82. The maximum Gasteiger partial charge on any atom is 0.407 e. The van der Waals surface area contributed by atoms with Gasteiger partial charge in [-0.3, -0.25) is 19.1 Å². The van der Waals surface area contributed by atoms with Gasteiger partial charge < -0.3 is 25.8 Å². The van der Waals surface area contributed by atoms with Crippen molar-refractivity contribution >= 4 is 34.5 Å².